The van der Waals surface area contributed by atoms with E-state index < -0.39 is 5.60 Å². The van der Waals surface area contributed by atoms with Gasteiger partial charge in [-0.05, 0) is 42.3 Å². The molecule has 2 aromatic rings. The molecule has 6 heteroatoms. The lowest BCUT2D eigenvalue weighted by Gasteiger charge is -2.25. The van der Waals surface area contributed by atoms with Crippen LogP contribution in [0.4, 0.5) is 5.95 Å². The average Bonchev–Trinajstić information content (AvgIpc) is 2.94. The van der Waals surface area contributed by atoms with E-state index >= 15 is 0 Å². The third kappa shape index (κ3) is 3.14. The molecule has 108 valence electrons. The zero-order valence-electron chi connectivity index (χ0n) is 12.2. The molecule has 0 bridgehead atoms. The lowest BCUT2D eigenvalue weighted by Crippen LogP contribution is -2.36. The van der Waals surface area contributed by atoms with Crippen LogP contribution in [0.15, 0.2) is 24.3 Å². The van der Waals surface area contributed by atoms with Crippen LogP contribution in [-0.4, -0.2) is 37.5 Å². The largest absolute Gasteiger partial charge is 0.388 e. The number of tetrazole rings is 1. The molecule has 1 aromatic carbocycles. The maximum absolute atomic E-state index is 10.3. The summed E-state index contributed by atoms with van der Waals surface area (Å²) in [6.45, 7) is 6.39. The maximum Gasteiger partial charge on any atom is 0.247 e. The van der Waals surface area contributed by atoms with Gasteiger partial charge in [-0.1, -0.05) is 36.6 Å². The summed E-state index contributed by atoms with van der Waals surface area (Å²) < 4.78 is 1.63. The van der Waals surface area contributed by atoms with Gasteiger partial charge in [0, 0.05) is 6.54 Å². The predicted octanol–water partition coefficient (Wildman–Crippen LogP) is 1.93. The highest BCUT2D eigenvalue weighted by atomic mass is 16.3. The first-order chi connectivity index (χ1) is 9.58. The second kappa shape index (κ2) is 6.00. The molecule has 0 saturated heterocycles. The molecule has 2 rings (SSSR count). The molecular formula is C14H21N5O. The highest BCUT2D eigenvalue weighted by molar-refractivity contribution is 5.40. The normalized spacial score (nSPS) is 11.6. The van der Waals surface area contributed by atoms with Gasteiger partial charge < -0.3 is 10.4 Å². The molecule has 0 radical (unpaired) electrons. The van der Waals surface area contributed by atoms with E-state index in [-0.39, 0.29) is 0 Å². The molecule has 0 aliphatic carbocycles. The molecule has 2 N–H and O–H groups in total. The molecule has 0 spiro atoms. The Morgan fingerprint density at radius 3 is 2.45 bits per heavy atom. The zero-order chi connectivity index (χ0) is 14.6. The van der Waals surface area contributed by atoms with Crippen molar-refractivity contribution in [2.75, 3.05) is 11.9 Å². The van der Waals surface area contributed by atoms with Crippen LogP contribution in [0.1, 0.15) is 32.3 Å². The van der Waals surface area contributed by atoms with Crippen molar-refractivity contribution < 1.29 is 5.11 Å². The van der Waals surface area contributed by atoms with Crippen molar-refractivity contribution in [1.82, 2.24) is 20.2 Å². The Labute approximate surface area is 118 Å². The minimum atomic E-state index is -0.732. The van der Waals surface area contributed by atoms with Crippen molar-refractivity contribution in [3.8, 4) is 5.69 Å². The van der Waals surface area contributed by atoms with Gasteiger partial charge in [-0.15, -0.1) is 0 Å². The Balaban J connectivity index is 2.15. The SMILES string of the molecule is CCC(O)(CC)CNc1nnnn1-c1ccc(C)cc1. The van der Waals surface area contributed by atoms with Crippen molar-refractivity contribution in [1.29, 1.82) is 0 Å². The Bertz CT molecular complexity index is 545. The minimum absolute atomic E-state index is 0.423. The van der Waals surface area contributed by atoms with Gasteiger partial charge in [0.15, 0.2) is 0 Å². The second-order valence-corrected chi connectivity index (χ2v) is 5.03. The first kappa shape index (κ1) is 14.5. The van der Waals surface area contributed by atoms with E-state index in [1.807, 2.05) is 45.0 Å². The summed E-state index contributed by atoms with van der Waals surface area (Å²) in [6.07, 6.45) is 1.37. The van der Waals surface area contributed by atoms with Gasteiger partial charge in [0.2, 0.25) is 5.95 Å². The molecule has 1 heterocycles. The van der Waals surface area contributed by atoms with Crippen molar-refractivity contribution in [2.45, 2.75) is 39.2 Å². The van der Waals surface area contributed by atoms with Crippen LogP contribution >= 0.6 is 0 Å². The predicted molar refractivity (Wildman–Crippen MR) is 77.9 cm³/mol. The number of nitrogens with one attached hydrogen (secondary N) is 1. The van der Waals surface area contributed by atoms with Crippen molar-refractivity contribution >= 4 is 5.95 Å². The van der Waals surface area contributed by atoms with E-state index in [4.69, 9.17) is 0 Å². The fraction of sp³-hybridized carbons (Fsp3) is 0.500. The monoisotopic (exact) mass is 275 g/mol. The number of benzene rings is 1. The summed E-state index contributed by atoms with van der Waals surface area (Å²) >= 11 is 0. The van der Waals surface area contributed by atoms with Crippen molar-refractivity contribution in [2.24, 2.45) is 0 Å². The highest BCUT2D eigenvalue weighted by Gasteiger charge is 2.22. The number of hydrogen-bond acceptors (Lipinski definition) is 5. The van der Waals surface area contributed by atoms with Gasteiger partial charge in [-0.25, -0.2) is 0 Å². The molecule has 0 amide bonds. The summed E-state index contributed by atoms with van der Waals surface area (Å²) in [5.41, 5.74) is 1.34. The van der Waals surface area contributed by atoms with E-state index in [1.165, 1.54) is 5.56 Å². The molecule has 0 aliphatic heterocycles. The van der Waals surface area contributed by atoms with Gasteiger partial charge in [0.05, 0.1) is 11.3 Å². The molecular weight excluding hydrogens is 254 g/mol. The Morgan fingerprint density at radius 2 is 1.85 bits per heavy atom. The van der Waals surface area contributed by atoms with E-state index in [9.17, 15) is 5.11 Å². The molecule has 1 aromatic heterocycles. The van der Waals surface area contributed by atoms with Crippen LogP contribution < -0.4 is 5.32 Å². The van der Waals surface area contributed by atoms with E-state index in [0.29, 0.717) is 25.3 Å². The standard InChI is InChI=1S/C14H21N5O/c1-4-14(20,5-2)10-15-13-16-17-18-19(13)12-8-6-11(3)7-9-12/h6-9,20H,4-5,10H2,1-3H3,(H,15,16,18). The van der Waals surface area contributed by atoms with Gasteiger partial charge in [0.25, 0.3) is 0 Å². The van der Waals surface area contributed by atoms with Gasteiger partial charge in [0.1, 0.15) is 0 Å². The number of aryl methyl sites for hydroxylation is 1. The molecule has 0 unspecified atom stereocenters. The minimum Gasteiger partial charge on any atom is -0.388 e. The topological polar surface area (TPSA) is 75.9 Å². The van der Waals surface area contributed by atoms with Crippen molar-refractivity contribution in [3.63, 3.8) is 0 Å². The molecule has 0 fully saturated rings. The third-order valence-electron chi connectivity index (χ3n) is 3.64. The van der Waals surface area contributed by atoms with E-state index in [2.05, 4.69) is 20.8 Å². The maximum atomic E-state index is 10.3. The van der Waals surface area contributed by atoms with Crippen LogP contribution in [0.5, 0.6) is 0 Å². The Morgan fingerprint density at radius 1 is 1.20 bits per heavy atom. The summed E-state index contributed by atoms with van der Waals surface area (Å²) in [7, 11) is 0. The smallest absolute Gasteiger partial charge is 0.247 e. The number of hydrogen-bond donors (Lipinski definition) is 2. The summed E-state index contributed by atoms with van der Waals surface area (Å²) in [4.78, 5) is 0. The lowest BCUT2D eigenvalue weighted by molar-refractivity contribution is 0.0455. The van der Waals surface area contributed by atoms with E-state index in [0.717, 1.165) is 5.69 Å². The van der Waals surface area contributed by atoms with Crippen LogP contribution in [0.2, 0.25) is 0 Å². The quantitative estimate of drug-likeness (QED) is 0.842. The first-order valence-electron chi connectivity index (χ1n) is 6.89. The van der Waals surface area contributed by atoms with Crippen LogP contribution in [0.3, 0.4) is 0 Å². The molecule has 20 heavy (non-hydrogen) atoms. The third-order valence-corrected chi connectivity index (χ3v) is 3.64. The van der Waals surface area contributed by atoms with Gasteiger partial charge in [-0.3, -0.25) is 0 Å². The zero-order valence-corrected chi connectivity index (χ0v) is 12.2. The van der Waals surface area contributed by atoms with Gasteiger partial charge >= 0.3 is 0 Å². The molecule has 0 aliphatic rings. The first-order valence-corrected chi connectivity index (χ1v) is 6.89. The van der Waals surface area contributed by atoms with Crippen LogP contribution in [0.25, 0.3) is 5.69 Å². The Kier molecular flexibility index (Phi) is 4.34. The van der Waals surface area contributed by atoms with Gasteiger partial charge in [-0.2, -0.15) is 4.68 Å². The number of nitrogens with zero attached hydrogens (tertiary/aromatic N) is 4. The van der Waals surface area contributed by atoms with Crippen molar-refractivity contribution in [3.05, 3.63) is 29.8 Å². The fourth-order valence-corrected chi connectivity index (χ4v) is 1.90. The Hall–Kier alpha value is -1.95. The summed E-state index contributed by atoms with van der Waals surface area (Å²) in [5, 5.41) is 25.0. The average molecular weight is 275 g/mol. The summed E-state index contributed by atoms with van der Waals surface area (Å²) in [6, 6.07) is 7.94. The van der Waals surface area contributed by atoms with Crippen LogP contribution in [-0.2, 0) is 0 Å². The number of anilines is 1. The fourth-order valence-electron chi connectivity index (χ4n) is 1.90. The number of aromatic nitrogens is 4. The highest BCUT2D eigenvalue weighted by Crippen LogP contribution is 2.17. The second-order valence-electron chi connectivity index (χ2n) is 5.03. The molecule has 0 saturated carbocycles. The summed E-state index contributed by atoms with van der Waals surface area (Å²) in [5.74, 6) is 0.536. The molecule has 6 nitrogen and oxygen atoms in total. The van der Waals surface area contributed by atoms with Crippen LogP contribution in [0, 0.1) is 6.92 Å². The molecule has 0 atom stereocenters. The van der Waals surface area contributed by atoms with E-state index in [1.54, 1.807) is 4.68 Å². The number of rotatable bonds is 6. The number of aliphatic hydroxyl groups is 1. The lowest BCUT2D eigenvalue weighted by atomic mass is 9.98.